The van der Waals surface area contributed by atoms with E-state index in [1.807, 2.05) is 17.9 Å². The summed E-state index contributed by atoms with van der Waals surface area (Å²) >= 11 is 3.39. The number of anilines is 1. The number of carbonyl (C=O) groups excluding carboxylic acids is 2. The largest absolute Gasteiger partial charge is 0.493 e. The monoisotopic (exact) mass is 444 g/mol. The number of piperidine rings is 1. The van der Waals surface area contributed by atoms with E-state index in [1.54, 1.807) is 36.4 Å². The molecule has 0 atom stereocenters. The number of amides is 2. The molecule has 1 N–H and O–H groups in total. The third-order valence-electron chi connectivity index (χ3n) is 4.92. The molecule has 1 aliphatic rings. The summed E-state index contributed by atoms with van der Waals surface area (Å²) in [7, 11) is 0. The molecule has 5 nitrogen and oxygen atoms in total. The maximum atomic E-state index is 12.8. The molecule has 0 aliphatic carbocycles. The van der Waals surface area contributed by atoms with E-state index in [-0.39, 0.29) is 11.8 Å². The van der Waals surface area contributed by atoms with E-state index >= 15 is 0 Å². The molecule has 1 saturated heterocycles. The second kappa shape index (κ2) is 9.24. The van der Waals surface area contributed by atoms with E-state index in [4.69, 9.17) is 4.74 Å². The van der Waals surface area contributed by atoms with Gasteiger partial charge in [-0.15, -0.1) is 0 Å². The van der Waals surface area contributed by atoms with Gasteiger partial charge in [-0.1, -0.05) is 28.9 Å². The summed E-state index contributed by atoms with van der Waals surface area (Å²) in [5.41, 5.74) is 1.62. The van der Waals surface area contributed by atoms with Crippen LogP contribution >= 0.6 is 15.9 Å². The molecule has 1 fully saturated rings. The fourth-order valence-electron chi connectivity index (χ4n) is 3.28. The van der Waals surface area contributed by atoms with E-state index in [1.165, 1.54) is 0 Å². The van der Waals surface area contributed by atoms with Gasteiger partial charge in [-0.25, -0.2) is 0 Å². The van der Waals surface area contributed by atoms with E-state index in [9.17, 15) is 9.59 Å². The smallest absolute Gasteiger partial charge is 0.259 e. The molecule has 148 valence electrons. The normalized spacial score (nSPS) is 14.6. The quantitative estimate of drug-likeness (QED) is 0.707. The van der Waals surface area contributed by atoms with Gasteiger partial charge in [0.05, 0.1) is 12.2 Å². The van der Waals surface area contributed by atoms with Crippen LogP contribution in [-0.4, -0.2) is 36.4 Å². The number of hydrogen-bond donors (Lipinski definition) is 1. The van der Waals surface area contributed by atoms with Gasteiger partial charge in [0.1, 0.15) is 5.75 Å². The van der Waals surface area contributed by atoms with Crippen LogP contribution in [0.15, 0.2) is 46.9 Å². The van der Waals surface area contributed by atoms with Crippen molar-refractivity contribution in [2.75, 3.05) is 25.0 Å². The fourth-order valence-corrected chi connectivity index (χ4v) is 3.64. The summed E-state index contributed by atoms with van der Waals surface area (Å²) in [6.45, 7) is 6.13. The number of halogens is 1. The van der Waals surface area contributed by atoms with Crippen LogP contribution in [0.4, 0.5) is 5.69 Å². The zero-order valence-corrected chi connectivity index (χ0v) is 17.8. The Morgan fingerprint density at radius 1 is 1.18 bits per heavy atom. The zero-order valence-electron chi connectivity index (χ0n) is 16.2. The van der Waals surface area contributed by atoms with Crippen LogP contribution in [0.5, 0.6) is 5.75 Å². The van der Waals surface area contributed by atoms with Crippen molar-refractivity contribution in [3.63, 3.8) is 0 Å². The van der Waals surface area contributed by atoms with Crippen molar-refractivity contribution in [1.82, 2.24) is 4.90 Å². The van der Waals surface area contributed by atoms with Gasteiger partial charge in [0, 0.05) is 28.8 Å². The Balaban J connectivity index is 1.75. The minimum Gasteiger partial charge on any atom is -0.493 e. The van der Waals surface area contributed by atoms with Crippen LogP contribution in [0.2, 0.25) is 0 Å². The lowest BCUT2D eigenvalue weighted by Gasteiger charge is -2.30. The lowest BCUT2D eigenvalue weighted by Crippen LogP contribution is -2.37. The molecule has 28 heavy (non-hydrogen) atoms. The van der Waals surface area contributed by atoms with Gasteiger partial charge in [-0.3, -0.25) is 9.59 Å². The Kier molecular flexibility index (Phi) is 6.73. The minimum absolute atomic E-state index is 0.0143. The molecule has 1 heterocycles. The lowest BCUT2D eigenvalue weighted by molar-refractivity contribution is 0.0697. The average molecular weight is 445 g/mol. The highest BCUT2D eigenvalue weighted by Gasteiger charge is 2.22. The molecule has 0 saturated carbocycles. The number of nitrogens with one attached hydrogen (secondary N) is 1. The third kappa shape index (κ3) is 4.93. The van der Waals surface area contributed by atoms with Gasteiger partial charge in [0.15, 0.2) is 0 Å². The van der Waals surface area contributed by atoms with Crippen molar-refractivity contribution >= 4 is 33.4 Å². The molecule has 0 aromatic heterocycles. The number of likely N-dealkylation sites (tertiary alicyclic amines) is 1. The highest BCUT2D eigenvalue weighted by Crippen LogP contribution is 2.25. The predicted molar refractivity (Wildman–Crippen MR) is 114 cm³/mol. The molecule has 0 spiro atoms. The van der Waals surface area contributed by atoms with Gasteiger partial charge in [0.25, 0.3) is 11.8 Å². The van der Waals surface area contributed by atoms with Gasteiger partial charge in [-0.2, -0.15) is 0 Å². The maximum absolute atomic E-state index is 12.8. The summed E-state index contributed by atoms with van der Waals surface area (Å²) in [6, 6.07) is 12.4. The molecule has 1 aliphatic heterocycles. The van der Waals surface area contributed by atoms with Crippen LogP contribution in [-0.2, 0) is 0 Å². The number of carbonyl (C=O) groups is 2. The molecule has 2 amide bonds. The number of hydrogen-bond acceptors (Lipinski definition) is 3. The average Bonchev–Trinajstić information content (AvgIpc) is 2.69. The second-order valence-electron chi connectivity index (χ2n) is 7.08. The van der Waals surface area contributed by atoms with Crippen LogP contribution in [0.1, 0.15) is 47.4 Å². The first kappa shape index (κ1) is 20.4. The topological polar surface area (TPSA) is 58.6 Å². The summed E-state index contributed by atoms with van der Waals surface area (Å²) < 4.78 is 6.35. The first-order valence-electron chi connectivity index (χ1n) is 9.61. The standard InChI is InChI=1S/C22H25BrN2O3/c1-3-28-20-8-7-17(23)14-19(20)21(26)24-18-6-4-5-16(13-18)22(27)25-11-9-15(2)10-12-25/h4-8,13-15H,3,9-12H2,1-2H3,(H,24,26). The zero-order chi connectivity index (χ0) is 20.1. The predicted octanol–water partition coefficient (Wildman–Crippen LogP) is 4.97. The van der Waals surface area contributed by atoms with E-state index in [0.717, 1.165) is 30.4 Å². The first-order valence-corrected chi connectivity index (χ1v) is 10.4. The van der Waals surface area contributed by atoms with Crippen LogP contribution in [0.3, 0.4) is 0 Å². The summed E-state index contributed by atoms with van der Waals surface area (Å²) in [5, 5.41) is 2.88. The molecule has 0 unspecified atom stereocenters. The molecular weight excluding hydrogens is 420 g/mol. The van der Waals surface area contributed by atoms with Crippen molar-refractivity contribution < 1.29 is 14.3 Å². The number of nitrogens with zero attached hydrogens (tertiary/aromatic N) is 1. The van der Waals surface area contributed by atoms with Crippen molar-refractivity contribution in [2.45, 2.75) is 26.7 Å². The molecule has 2 aromatic carbocycles. The van der Waals surface area contributed by atoms with Gasteiger partial charge < -0.3 is 15.0 Å². The molecule has 2 aromatic rings. The summed E-state index contributed by atoms with van der Waals surface area (Å²) in [6.07, 6.45) is 2.07. The fraction of sp³-hybridized carbons (Fsp3) is 0.364. The minimum atomic E-state index is -0.277. The van der Waals surface area contributed by atoms with E-state index in [2.05, 4.69) is 28.2 Å². The number of benzene rings is 2. The Hall–Kier alpha value is -2.34. The van der Waals surface area contributed by atoms with Gasteiger partial charge in [-0.05, 0) is 62.1 Å². The lowest BCUT2D eigenvalue weighted by atomic mass is 9.98. The molecule has 6 heteroatoms. The Morgan fingerprint density at radius 2 is 1.93 bits per heavy atom. The van der Waals surface area contributed by atoms with Crippen LogP contribution < -0.4 is 10.1 Å². The Bertz CT molecular complexity index is 861. The molecule has 0 bridgehead atoms. The molecule has 3 rings (SSSR count). The number of rotatable bonds is 5. The van der Waals surface area contributed by atoms with Crippen molar-refractivity contribution in [3.8, 4) is 5.75 Å². The number of ether oxygens (including phenoxy) is 1. The van der Waals surface area contributed by atoms with Gasteiger partial charge >= 0.3 is 0 Å². The summed E-state index contributed by atoms with van der Waals surface area (Å²) in [4.78, 5) is 27.5. The maximum Gasteiger partial charge on any atom is 0.259 e. The third-order valence-corrected chi connectivity index (χ3v) is 5.42. The van der Waals surface area contributed by atoms with Crippen molar-refractivity contribution in [2.24, 2.45) is 5.92 Å². The van der Waals surface area contributed by atoms with Crippen molar-refractivity contribution in [1.29, 1.82) is 0 Å². The summed E-state index contributed by atoms with van der Waals surface area (Å²) in [5.74, 6) is 0.930. The SMILES string of the molecule is CCOc1ccc(Br)cc1C(=O)Nc1cccc(C(=O)N2CCC(C)CC2)c1. The first-order chi connectivity index (χ1) is 13.5. The van der Waals surface area contributed by atoms with Gasteiger partial charge in [0.2, 0.25) is 0 Å². The highest BCUT2D eigenvalue weighted by atomic mass is 79.9. The van der Waals surface area contributed by atoms with E-state index < -0.39 is 0 Å². The Morgan fingerprint density at radius 3 is 2.64 bits per heavy atom. The highest BCUT2D eigenvalue weighted by molar-refractivity contribution is 9.10. The van der Waals surface area contributed by atoms with Crippen LogP contribution in [0, 0.1) is 5.92 Å². The van der Waals surface area contributed by atoms with Crippen molar-refractivity contribution in [3.05, 3.63) is 58.1 Å². The van der Waals surface area contributed by atoms with E-state index in [0.29, 0.717) is 35.1 Å². The Labute approximate surface area is 174 Å². The molecular formula is C22H25BrN2O3. The molecule has 0 radical (unpaired) electrons. The second-order valence-corrected chi connectivity index (χ2v) is 8.00. The van der Waals surface area contributed by atoms with Crippen LogP contribution in [0.25, 0.3) is 0 Å².